The van der Waals surface area contributed by atoms with Gasteiger partial charge in [0.2, 0.25) is 0 Å². The summed E-state index contributed by atoms with van der Waals surface area (Å²) in [6.45, 7) is 1.55. The van der Waals surface area contributed by atoms with Gasteiger partial charge in [-0.1, -0.05) is 29.8 Å². The van der Waals surface area contributed by atoms with Crippen molar-refractivity contribution in [2.24, 2.45) is 0 Å². The summed E-state index contributed by atoms with van der Waals surface area (Å²) in [6, 6.07) is 10.4. The Balaban J connectivity index is 1.96. The van der Waals surface area contributed by atoms with E-state index >= 15 is 0 Å². The van der Waals surface area contributed by atoms with Crippen molar-refractivity contribution in [3.8, 4) is 0 Å². The molecule has 0 saturated heterocycles. The number of carbonyl (C=O) groups is 2. The molecule has 25 heavy (non-hydrogen) atoms. The standard InChI is InChI=1S/C18H21ClN4O2/c1-23(2)10-9-21-18(25)16-11-13(7-8-20-16)17(24)22-12-14-5-3-4-6-15(14)19/h3-8,11H,9-10,12H2,1-2H3,(H,21,25)(H,22,24). The number of nitrogens with zero attached hydrogens (tertiary/aromatic N) is 2. The molecule has 0 aliphatic rings. The smallest absolute Gasteiger partial charge is 0.269 e. The number of aromatic nitrogens is 1. The van der Waals surface area contributed by atoms with Crippen LogP contribution in [0.3, 0.4) is 0 Å². The van der Waals surface area contributed by atoms with E-state index in [1.54, 1.807) is 12.1 Å². The molecule has 0 unspecified atom stereocenters. The molecule has 2 N–H and O–H groups in total. The maximum Gasteiger partial charge on any atom is 0.269 e. The number of likely N-dealkylation sites (N-methyl/N-ethyl adjacent to an activating group) is 1. The molecule has 1 aromatic heterocycles. The molecular weight excluding hydrogens is 340 g/mol. The van der Waals surface area contributed by atoms with Crippen LogP contribution < -0.4 is 10.6 Å². The number of rotatable bonds is 7. The number of halogens is 1. The monoisotopic (exact) mass is 360 g/mol. The van der Waals surface area contributed by atoms with E-state index in [-0.39, 0.29) is 17.5 Å². The van der Waals surface area contributed by atoms with Crippen molar-refractivity contribution in [2.45, 2.75) is 6.54 Å². The molecule has 7 heteroatoms. The molecule has 2 rings (SSSR count). The van der Waals surface area contributed by atoms with Crippen molar-refractivity contribution in [1.82, 2.24) is 20.5 Å². The molecule has 132 valence electrons. The predicted molar refractivity (Wildman–Crippen MR) is 97.7 cm³/mol. The van der Waals surface area contributed by atoms with Crippen LogP contribution in [0.4, 0.5) is 0 Å². The van der Waals surface area contributed by atoms with Crippen LogP contribution in [-0.4, -0.2) is 48.9 Å². The van der Waals surface area contributed by atoms with Crippen LogP contribution in [0.1, 0.15) is 26.4 Å². The molecule has 0 aliphatic carbocycles. The van der Waals surface area contributed by atoms with E-state index in [2.05, 4.69) is 15.6 Å². The minimum atomic E-state index is -0.303. The molecule has 2 aromatic rings. The van der Waals surface area contributed by atoms with Crippen LogP contribution in [0.15, 0.2) is 42.6 Å². The van der Waals surface area contributed by atoms with Gasteiger partial charge in [-0.15, -0.1) is 0 Å². The van der Waals surface area contributed by atoms with Crippen LogP contribution in [0.5, 0.6) is 0 Å². The van der Waals surface area contributed by atoms with E-state index in [9.17, 15) is 9.59 Å². The molecule has 1 aromatic carbocycles. The van der Waals surface area contributed by atoms with Crippen LogP contribution in [0.25, 0.3) is 0 Å². The minimum Gasteiger partial charge on any atom is -0.349 e. The Morgan fingerprint density at radius 2 is 1.88 bits per heavy atom. The van der Waals surface area contributed by atoms with Gasteiger partial charge in [0.15, 0.2) is 0 Å². The first-order chi connectivity index (χ1) is 12.0. The predicted octanol–water partition coefficient (Wildman–Crippen LogP) is 1.96. The van der Waals surface area contributed by atoms with Gasteiger partial charge in [0.25, 0.3) is 11.8 Å². The summed E-state index contributed by atoms with van der Waals surface area (Å²) in [5, 5.41) is 6.16. The zero-order valence-electron chi connectivity index (χ0n) is 14.3. The molecule has 0 spiro atoms. The van der Waals surface area contributed by atoms with Crippen molar-refractivity contribution < 1.29 is 9.59 Å². The third-order valence-corrected chi connectivity index (χ3v) is 3.87. The van der Waals surface area contributed by atoms with E-state index in [0.29, 0.717) is 23.7 Å². The maximum absolute atomic E-state index is 12.3. The molecule has 0 bridgehead atoms. The Hall–Kier alpha value is -2.44. The Kier molecular flexibility index (Phi) is 6.91. The fourth-order valence-electron chi connectivity index (χ4n) is 2.10. The largest absolute Gasteiger partial charge is 0.349 e. The van der Waals surface area contributed by atoms with Gasteiger partial charge in [0.05, 0.1) is 0 Å². The van der Waals surface area contributed by atoms with Crippen molar-refractivity contribution in [1.29, 1.82) is 0 Å². The van der Waals surface area contributed by atoms with Crippen molar-refractivity contribution in [3.05, 3.63) is 64.4 Å². The summed E-state index contributed by atoms with van der Waals surface area (Å²) in [6.07, 6.45) is 1.45. The quantitative estimate of drug-likeness (QED) is 0.791. The topological polar surface area (TPSA) is 74.3 Å². The van der Waals surface area contributed by atoms with Crippen LogP contribution in [0.2, 0.25) is 5.02 Å². The maximum atomic E-state index is 12.3. The lowest BCUT2D eigenvalue weighted by atomic mass is 10.2. The van der Waals surface area contributed by atoms with Gasteiger partial charge in [-0.2, -0.15) is 0 Å². The Bertz CT molecular complexity index is 749. The van der Waals surface area contributed by atoms with Gasteiger partial charge in [-0.25, -0.2) is 0 Å². The van der Waals surface area contributed by atoms with E-state index < -0.39 is 0 Å². The van der Waals surface area contributed by atoms with E-state index in [1.165, 1.54) is 12.3 Å². The third kappa shape index (κ3) is 5.85. The minimum absolute atomic E-state index is 0.212. The highest BCUT2D eigenvalue weighted by Crippen LogP contribution is 2.14. The first-order valence-corrected chi connectivity index (χ1v) is 8.26. The number of benzene rings is 1. The summed E-state index contributed by atoms with van der Waals surface area (Å²) in [4.78, 5) is 30.4. The van der Waals surface area contributed by atoms with Crippen molar-refractivity contribution in [2.75, 3.05) is 27.2 Å². The fraction of sp³-hybridized carbons (Fsp3) is 0.278. The Morgan fingerprint density at radius 3 is 2.60 bits per heavy atom. The van der Waals surface area contributed by atoms with Crippen LogP contribution in [0, 0.1) is 0 Å². The SMILES string of the molecule is CN(C)CCNC(=O)c1cc(C(=O)NCc2ccccc2Cl)ccn1. The lowest BCUT2D eigenvalue weighted by molar-refractivity contribution is 0.0946. The second-order valence-electron chi connectivity index (χ2n) is 5.76. The van der Waals surface area contributed by atoms with Crippen molar-refractivity contribution in [3.63, 3.8) is 0 Å². The van der Waals surface area contributed by atoms with Gasteiger partial charge < -0.3 is 15.5 Å². The molecule has 0 aliphatic heterocycles. The summed E-state index contributed by atoms with van der Waals surface area (Å²) in [5.41, 5.74) is 1.41. The highest BCUT2D eigenvalue weighted by atomic mass is 35.5. The summed E-state index contributed by atoms with van der Waals surface area (Å²) < 4.78 is 0. The number of amides is 2. The number of hydrogen-bond acceptors (Lipinski definition) is 4. The lowest BCUT2D eigenvalue weighted by Gasteiger charge is -2.10. The number of carbonyl (C=O) groups excluding carboxylic acids is 2. The summed E-state index contributed by atoms with van der Waals surface area (Å²) in [5.74, 6) is -0.590. The van der Waals surface area contributed by atoms with Gasteiger partial charge in [0.1, 0.15) is 5.69 Å². The second kappa shape index (κ2) is 9.15. The summed E-state index contributed by atoms with van der Waals surface area (Å²) >= 11 is 6.07. The van der Waals surface area contributed by atoms with Crippen LogP contribution >= 0.6 is 11.6 Å². The molecule has 0 radical (unpaired) electrons. The molecule has 6 nitrogen and oxygen atoms in total. The second-order valence-corrected chi connectivity index (χ2v) is 6.17. The summed E-state index contributed by atoms with van der Waals surface area (Å²) in [7, 11) is 3.85. The molecular formula is C18H21ClN4O2. The highest BCUT2D eigenvalue weighted by molar-refractivity contribution is 6.31. The molecule has 0 fully saturated rings. The highest BCUT2D eigenvalue weighted by Gasteiger charge is 2.12. The lowest BCUT2D eigenvalue weighted by Crippen LogP contribution is -2.32. The van der Waals surface area contributed by atoms with Gasteiger partial charge in [-0.05, 0) is 37.9 Å². The van der Waals surface area contributed by atoms with E-state index in [0.717, 1.165) is 12.1 Å². The number of nitrogens with one attached hydrogen (secondary N) is 2. The number of pyridine rings is 1. The average molecular weight is 361 g/mol. The first kappa shape index (κ1) is 18.9. The van der Waals surface area contributed by atoms with Crippen LogP contribution in [-0.2, 0) is 6.54 Å². The third-order valence-electron chi connectivity index (χ3n) is 3.50. The number of hydrogen-bond donors (Lipinski definition) is 2. The normalized spacial score (nSPS) is 10.6. The zero-order valence-corrected chi connectivity index (χ0v) is 15.0. The van der Waals surface area contributed by atoms with Gasteiger partial charge >= 0.3 is 0 Å². The zero-order chi connectivity index (χ0) is 18.2. The molecule has 0 saturated carbocycles. The van der Waals surface area contributed by atoms with E-state index in [1.807, 2.05) is 37.2 Å². The Morgan fingerprint density at radius 1 is 1.12 bits per heavy atom. The molecule has 0 atom stereocenters. The van der Waals surface area contributed by atoms with E-state index in [4.69, 9.17) is 11.6 Å². The Labute approximate surface area is 152 Å². The van der Waals surface area contributed by atoms with Gasteiger partial charge in [-0.3, -0.25) is 14.6 Å². The molecule has 2 amide bonds. The average Bonchev–Trinajstić information content (AvgIpc) is 2.60. The molecule has 1 heterocycles. The first-order valence-electron chi connectivity index (χ1n) is 7.88. The van der Waals surface area contributed by atoms with Crippen molar-refractivity contribution >= 4 is 23.4 Å². The van der Waals surface area contributed by atoms with Gasteiger partial charge in [0, 0.05) is 36.4 Å². The fourth-order valence-corrected chi connectivity index (χ4v) is 2.30.